The van der Waals surface area contributed by atoms with Crippen LogP contribution in [0.15, 0.2) is 85.2 Å². The molecule has 4 aromatic rings. The highest BCUT2D eigenvalue weighted by atomic mass is 16.4. The maximum Gasteiger partial charge on any atom is 0.325 e. The van der Waals surface area contributed by atoms with E-state index in [1.165, 1.54) is 12.5 Å². The maximum absolute atomic E-state index is 13.1. The Morgan fingerprint density at radius 1 is 0.689 bits per heavy atom. The Kier molecular flexibility index (Phi) is 9.86. The lowest BCUT2D eigenvalue weighted by Gasteiger charge is -2.21. The number of nitrogens with zero attached hydrogens (tertiary/aromatic N) is 2. The largest absolute Gasteiger partial charge is 0.480 e. The average molecular weight is 607 g/mol. The van der Waals surface area contributed by atoms with Crippen molar-refractivity contribution < 1.29 is 19.5 Å². The SMILES string of the molecule is CC(NC(=O)C(Cc1ccc(-c2ncc(-c3ccc(C(C)(C)C)cc3)cn2)cc1)NC(=O)c1ccc(C(C)(C)C)cc1)C(=O)O. The highest BCUT2D eigenvalue weighted by molar-refractivity contribution is 5.98. The van der Waals surface area contributed by atoms with Gasteiger partial charge in [0.2, 0.25) is 5.91 Å². The molecule has 45 heavy (non-hydrogen) atoms. The van der Waals surface area contributed by atoms with E-state index in [4.69, 9.17) is 0 Å². The van der Waals surface area contributed by atoms with Crippen LogP contribution in [0.5, 0.6) is 0 Å². The van der Waals surface area contributed by atoms with Crippen LogP contribution >= 0.6 is 0 Å². The highest BCUT2D eigenvalue weighted by Crippen LogP contribution is 2.27. The maximum atomic E-state index is 13.1. The Hall–Kier alpha value is -4.85. The van der Waals surface area contributed by atoms with Crippen LogP contribution in [0.3, 0.4) is 0 Å². The zero-order chi connectivity index (χ0) is 32.9. The Balaban J connectivity index is 1.49. The van der Waals surface area contributed by atoms with Gasteiger partial charge in [0.05, 0.1) is 0 Å². The number of aromatic nitrogens is 2. The van der Waals surface area contributed by atoms with E-state index in [1.54, 1.807) is 24.5 Å². The van der Waals surface area contributed by atoms with Crippen molar-refractivity contribution in [2.75, 3.05) is 0 Å². The lowest BCUT2D eigenvalue weighted by molar-refractivity contribution is -0.141. The topological polar surface area (TPSA) is 121 Å². The van der Waals surface area contributed by atoms with Gasteiger partial charge in [0.25, 0.3) is 5.91 Å². The fraction of sp³-hybridized carbons (Fsp3) is 0.324. The van der Waals surface area contributed by atoms with Gasteiger partial charge < -0.3 is 15.7 Å². The highest BCUT2D eigenvalue weighted by Gasteiger charge is 2.25. The van der Waals surface area contributed by atoms with Gasteiger partial charge in [-0.15, -0.1) is 0 Å². The van der Waals surface area contributed by atoms with Crippen LogP contribution in [0.25, 0.3) is 22.5 Å². The number of benzene rings is 3. The Bertz CT molecular complexity index is 1630. The van der Waals surface area contributed by atoms with Crippen molar-refractivity contribution in [3.8, 4) is 22.5 Å². The van der Waals surface area contributed by atoms with Crippen LogP contribution in [0.4, 0.5) is 0 Å². The minimum Gasteiger partial charge on any atom is -0.480 e. The normalized spacial score (nSPS) is 13.0. The second-order valence-corrected chi connectivity index (χ2v) is 13.4. The molecule has 0 saturated carbocycles. The lowest BCUT2D eigenvalue weighted by atomic mass is 9.86. The number of carboxylic acids is 1. The number of nitrogens with one attached hydrogen (secondary N) is 2. The van der Waals surface area contributed by atoms with Crippen LogP contribution in [0, 0.1) is 0 Å². The third kappa shape index (κ3) is 8.62. The first-order valence-corrected chi connectivity index (χ1v) is 15.1. The number of aliphatic carboxylic acids is 1. The lowest BCUT2D eigenvalue weighted by Crippen LogP contribution is -2.51. The minimum absolute atomic E-state index is 0.0675. The molecule has 0 bridgehead atoms. The van der Waals surface area contributed by atoms with Gasteiger partial charge >= 0.3 is 5.97 Å². The summed E-state index contributed by atoms with van der Waals surface area (Å²) >= 11 is 0. The average Bonchev–Trinajstić information content (AvgIpc) is 3.00. The molecule has 234 valence electrons. The van der Waals surface area contributed by atoms with E-state index in [1.807, 2.05) is 36.4 Å². The Morgan fingerprint density at radius 2 is 1.18 bits per heavy atom. The molecule has 4 rings (SSSR count). The van der Waals surface area contributed by atoms with Crippen molar-refractivity contribution in [3.63, 3.8) is 0 Å². The van der Waals surface area contributed by atoms with E-state index < -0.39 is 29.9 Å². The summed E-state index contributed by atoms with van der Waals surface area (Å²) in [5.41, 5.74) is 6.30. The molecule has 0 fully saturated rings. The zero-order valence-corrected chi connectivity index (χ0v) is 27.0. The van der Waals surface area contributed by atoms with Crippen LogP contribution < -0.4 is 10.6 Å². The standard InChI is InChI=1S/C37H42N4O4/c1-23(35(44)45)40-34(43)31(41-33(42)27-14-18-30(19-15-27)37(5,6)7)20-24-8-10-26(11-9-24)32-38-21-28(22-39-32)25-12-16-29(17-13-25)36(2,3)4/h8-19,21-23,31H,20H2,1-7H3,(H,40,43)(H,41,42)(H,44,45). The Labute approximate surface area is 265 Å². The van der Waals surface area contributed by atoms with Crippen LogP contribution in [-0.2, 0) is 26.8 Å². The molecule has 0 radical (unpaired) electrons. The van der Waals surface area contributed by atoms with Gasteiger partial charge in [-0.2, -0.15) is 0 Å². The van der Waals surface area contributed by atoms with Crippen molar-refractivity contribution in [1.29, 1.82) is 0 Å². The van der Waals surface area contributed by atoms with E-state index in [0.29, 0.717) is 11.4 Å². The first-order chi connectivity index (χ1) is 21.1. The molecule has 0 saturated heterocycles. The summed E-state index contributed by atoms with van der Waals surface area (Å²) < 4.78 is 0. The molecule has 8 nitrogen and oxygen atoms in total. The number of carboxylic acid groups (broad SMARTS) is 1. The molecule has 0 aliphatic rings. The minimum atomic E-state index is -1.16. The van der Waals surface area contributed by atoms with Crippen LogP contribution in [0.1, 0.15) is 75.5 Å². The van der Waals surface area contributed by atoms with Crippen molar-refractivity contribution in [2.45, 2.75) is 77.8 Å². The molecular weight excluding hydrogens is 564 g/mol. The van der Waals surface area contributed by atoms with Gasteiger partial charge in [0.1, 0.15) is 12.1 Å². The molecule has 0 aliphatic heterocycles. The third-order valence-corrected chi connectivity index (χ3v) is 7.75. The van der Waals surface area contributed by atoms with E-state index in [9.17, 15) is 19.5 Å². The number of hydrogen-bond acceptors (Lipinski definition) is 5. The monoisotopic (exact) mass is 606 g/mol. The molecule has 0 aliphatic carbocycles. The predicted molar refractivity (Wildman–Crippen MR) is 177 cm³/mol. The fourth-order valence-electron chi connectivity index (χ4n) is 4.76. The summed E-state index contributed by atoms with van der Waals surface area (Å²) in [7, 11) is 0. The third-order valence-electron chi connectivity index (χ3n) is 7.75. The molecule has 3 N–H and O–H groups in total. The smallest absolute Gasteiger partial charge is 0.325 e. The van der Waals surface area contributed by atoms with Crippen LogP contribution in [0.2, 0.25) is 0 Å². The van der Waals surface area contributed by atoms with Gasteiger partial charge in [-0.3, -0.25) is 14.4 Å². The van der Waals surface area contributed by atoms with Gasteiger partial charge in [-0.1, -0.05) is 102 Å². The number of hydrogen-bond donors (Lipinski definition) is 3. The number of carbonyl (C=O) groups excluding carboxylic acids is 2. The summed E-state index contributed by atoms with van der Waals surface area (Å²) in [5.74, 6) is -1.60. The molecule has 2 amide bonds. The van der Waals surface area contributed by atoms with Gasteiger partial charge in [0.15, 0.2) is 5.82 Å². The van der Waals surface area contributed by atoms with Crippen LogP contribution in [-0.4, -0.2) is 44.9 Å². The first-order valence-electron chi connectivity index (χ1n) is 15.1. The summed E-state index contributed by atoms with van der Waals surface area (Å²) in [6.07, 6.45) is 3.76. The predicted octanol–water partition coefficient (Wildman–Crippen LogP) is 6.34. The van der Waals surface area contributed by atoms with E-state index in [-0.39, 0.29) is 17.3 Å². The number of carbonyl (C=O) groups is 3. The van der Waals surface area contributed by atoms with Crippen molar-refractivity contribution >= 4 is 17.8 Å². The van der Waals surface area contributed by atoms with E-state index in [0.717, 1.165) is 27.8 Å². The van der Waals surface area contributed by atoms with Gasteiger partial charge in [-0.25, -0.2) is 9.97 Å². The fourth-order valence-corrected chi connectivity index (χ4v) is 4.76. The number of amides is 2. The second-order valence-electron chi connectivity index (χ2n) is 13.4. The van der Waals surface area contributed by atoms with Gasteiger partial charge in [0, 0.05) is 35.5 Å². The molecule has 1 aromatic heterocycles. The molecule has 1 heterocycles. The zero-order valence-electron chi connectivity index (χ0n) is 27.0. The van der Waals surface area contributed by atoms with Crippen molar-refractivity contribution in [1.82, 2.24) is 20.6 Å². The molecule has 0 spiro atoms. The molecule has 3 aromatic carbocycles. The summed E-state index contributed by atoms with van der Waals surface area (Å²) in [6, 6.07) is 21.0. The van der Waals surface area contributed by atoms with E-state index >= 15 is 0 Å². The quantitative estimate of drug-likeness (QED) is 0.205. The van der Waals surface area contributed by atoms with Gasteiger partial charge in [-0.05, 0) is 52.1 Å². The number of rotatable bonds is 9. The first kappa shape index (κ1) is 33.1. The molecule has 8 heteroatoms. The second kappa shape index (κ2) is 13.4. The van der Waals surface area contributed by atoms with E-state index in [2.05, 4.69) is 86.4 Å². The summed E-state index contributed by atoms with van der Waals surface area (Å²) in [5, 5.41) is 14.6. The Morgan fingerprint density at radius 3 is 1.67 bits per heavy atom. The summed E-state index contributed by atoms with van der Waals surface area (Å²) in [4.78, 5) is 46.8. The van der Waals surface area contributed by atoms with Crippen molar-refractivity contribution in [3.05, 3.63) is 107 Å². The van der Waals surface area contributed by atoms with Crippen molar-refractivity contribution in [2.24, 2.45) is 0 Å². The molecular formula is C37H42N4O4. The molecule has 2 atom stereocenters. The summed E-state index contributed by atoms with van der Waals surface area (Å²) in [6.45, 7) is 14.2. The molecule has 2 unspecified atom stereocenters.